The van der Waals surface area contributed by atoms with Gasteiger partial charge in [0, 0.05) is 12.1 Å². The van der Waals surface area contributed by atoms with Crippen LogP contribution in [0.1, 0.15) is 32.1 Å². The highest BCUT2D eigenvalue weighted by Crippen LogP contribution is 2.16. The minimum atomic E-state index is 0.784. The average molecular weight is 154 g/mol. The lowest BCUT2D eigenvalue weighted by Crippen LogP contribution is -2.50. The standard InChI is InChI=1S/C9H18N2/c1-2-6-10-9-5-3-7-11-8(9)4-1/h8-11H,1-7H2/t8-,9+/m1/s1. The van der Waals surface area contributed by atoms with E-state index in [1.165, 1.54) is 45.2 Å². The molecule has 2 aliphatic rings. The predicted molar refractivity (Wildman–Crippen MR) is 46.7 cm³/mol. The first-order chi connectivity index (χ1) is 5.47. The van der Waals surface area contributed by atoms with Crippen molar-refractivity contribution in [2.24, 2.45) is 0 Å². The minimum Gasteiger partial charge on any atom is -0.312 e. The summed E-state index contributed by atoms with van der Waals surface area (Å²) in [6.07, 6.45) is 6.90. The van der Waals surface area contributed by atoms with Crippen molar-refractivity contribution >= 4 is 0 Å². The lowest BCUT2D eigenvalue weighted by atomic mass is 9.96. The van der Waals surface area contributed by atoms with Crippen molar-refractivity contribution in [2.75, 3.05) is 13.1 Å². The van der Waals surface area contributed by atoms with Gasteiger partial charge in [0.25, 0.3) is 0 Å². The largest absolute Gasteiger partial charge is 0.312 e. The first kappa shape index (κ1) is 7.56. The lowest BCUT2D eigenvalue weighted by Gasteiger charge is -2.31. The first-order valence-corrected chi connectivity index (χ1v) is 4.93. The fourth-order valence-corrected chi connectivity index (χ4v) is 2.28. The van der Waals surface area contributed by atoms with Gasteiger partial charge in [-0.2, -0.15) is 0 Å². The Labute approximate surface area is 68.7 Å². The molecule has 0 aliphatic carbocycles. The van der Waals surface area contributed by atoms with Crippen molar-refractivity contribution in [2.45, 2.75) is 44.2 Å². The molecule has 0 aromatic rings. The van der Waals surface area contributed by atoms with Crippen molar-refractivity contribution in [1.29, 1.82) is 0 Å². The number of hydrogen-bond donors (Lipinski definition) is 2. The molecule has 2 aliphatic heterocycles. The van der Waals surface area contributed by atoms with E-state index >= 15 is 0 Å². The van der Waals surface area contributed by atoms with E-state index in [0.717, 1.165) is 12.1 Å². The van der Waals surface area contributed by atoms with Crippen LogP contribution in [-0.4, -0.2) is 25.2 Å². The van der Waals surface area contributed by atoms with Crippen molar-refractivity contribution in [3.8, 4) is 0 Å². The van der Waals surface area contributed by atoms with Crippen LogP contribution in [0.5, 0.6) is 0 Å². The molecule has 2 atom stereocenters. The zero-order valence-electron chi connectivity index (χ0n) is 7.10. The zero-order chi connectivity index (χ0) is 7.52. The number of piperidine rings is 1. The van der Waals surface area contributed by atoms with Crippen LogP contribution in [0, 0.1) is 0 Å². The SMILES string of the molecule is C1CC[C@H]2NCCC[C@@H]2NC1. The molecule has 0 aromatic carbocycles. The summed E-state index contributed by atoms with van der Waals surface area (Å²) in [5.41, 5.74) is 0. The van der Waals surface area contributed by atoms with Crippen LogP contribution in [-0.2, 0) is 0 Å². The highest BCUT2D eigenvalue weighted by Gasteiger charge is 2.24. The summed E-state index contributed by atoms with van der Waals surface area (Å²) < 4.78 is 0. The maximum atomic E-state index is 3.62. The molecule has 0 amide bonds. The average Bonchev–Trinajstić information content (AvgIpc) is 2.28. The van der Waals surface area contributed by atoms with Crippen LogP contribution in [0.3, 0.4) is 0 Å². The smallest absolute Gasteiger partial charge is 0.0221 e. The molecule has 0 radical (unpaired) electrons. The number of hydrogen-bond acceptors (Lipinski definition) is 2. The monoisotopic (exact) mass is 154 g/mol. The van der Waals surface area contributed by atoms with Crippen molar-refractivity contribution in [3.63, 3.8) is 0 Å². The molecule has 0 unspecified atom stereocenters. The van der Waals surface area contributed by atoms with Crippen molar-refractivity contribution in [1.82, 2.24) is 10.6 Å². The molecule has 11 heavy (non-hydrogen) atoms. The molecule has 2 fully saturated rings. The normalized spacial score (nSPS) is 39.3. The third-order valence-electron chi connectivity index (χ3n) is 2.93. The van der Waals surface area contributed by atoms with E-state index in [-0.39, 0.29) is 0 Å². The molecule has 64 valence electrons. The van der Waals surface area contributed by atoms with Gasteiger partial charge in [-0.15, -0.1) is 0 Å². The van der Waals surface area contributed by atoms with E-state index in [2.05, 4.69) is 10.6 Å². The first-order valence-electron chi connectivity index (χ1n) is 4.93. The van der Waals surface area contributed by atoms with Crippen LogP contribution >= 0.6 is 0 Å². The van der Waals surface area contributed by atoms with Crippen molar-refractivity contribution < 1.29 is 0 Å². The maximum absolute atomic E-state index is 3.62. The molecular formula is C9H18N2. The Bertz CT molecular complexity index is 111. The Morgan fingerprint density at radius 3 is 2.18 bits per heavy atom. The lowest BCUT2D eigenvalue weighted by molar-refractivity contribution is 0.308. The zero-order valence-corrected chi connectivity index (χ0v) is 7.10. The van der Waals surface area contributed by atoms with Gasteiger partial charge < -0.3 is 10.6 Å². The summed E-state index contributed by atoms with van der Waals surface area (Å²) in [7, 11) is 0. The quantitative estimate of drug-likeness (QED) is 0.541. The third kappa shape index (κ3) is 1.74. The molecule has 2 N–H and O–H groups in total. The van der Waals surface area contributed by atoms with Gasteiger partial charge in [-0.05, 0) is 38.8 Å². The predicted octanol–water partition coefficient (Wildman–Crippen LogP) is 0.880. The van der Waals surface area contributed by atoms with Crippen LogP contribution in [0.25, 0.3) is 0 Å². The second-order valence-electron chi connectivity index (χ2n) is 3.76. The topological polar surface area (TPSA) is 24.1 Å². The molecular weight excluding hydrogens is 136 g/mol. The molecule has 2 heterocycles. The number of rotatable bonds is 0. The highest BCUT2D eigenvalue weighted by molar-refractivity contribution is 4.88. The van der Waals surface area contributed by atoms with Crippen LogP contribution in [0.15, 0.2) is 0 Å². The molecule has 2 saturated heterocycles. The summed E-state index contributed by atoms with van der Waals surface area (Å²) in [5.74, 6) is 0. The van der Waals surface area contributed by atoms with Crippen LogP contribution < -0.4 is 10.6 Å². The Kier molecular flexibility index (Phi) is 2.44. The Morgan fingerprint density at radius 1 is 0.727 bits per heavy atom. The van der Waals surface area contributed by atoms with Gasteiger partial charge in [0.15, 0.2) is 0 Å². The summed E-state index contributed by atoms with van der Waals surface area (Å²) in [6.45, 7) is 2.48. The maximum Gasteiger partial charge on any atom is 0.0221 e. The second kappa shape index (κ2) is 3.55. The fraction of sp³-hybridized carbons (Fsp3) is 1.00. The molecule has 2 heteroatoms. The Hall–Kier alpha value is -0.0800. The van der Waals surface area contributed by atoms with E-state index in [9.17, 15) is 0 Å². The summed E-state index contributed by atoms with van der Waals surface area (Å²) >= 11 is 0. The number of nitrogens with one attached hydrogen (secondary N) is 2. The van der Waals surface area contributed by atoms with E-state index in [4.69, 9.17) is 0 Å². The molecule has 2 rings (SSSR count). The molecule has 0 bridgehead atoms. The van der Waals surface area contributed by atoms with E-state index in [0.29, 0.717) is 0 Å². The van der Waals surface area contributed by atoms with Gasteiger partial charge in [0.05, 0.1) is 0 Å². The molecule has 0 spiro atoms. The minimum absolute atomic E-state index is 0.784. The van der Waals surface area contributed by atoms with Crippen LogP contribution in [0.4, 0.5) is 0 Å². The van der Waals surface area contributed by atoms with E-state index in [1.54, 1.807) is 0 Å². The van der Waals surface area contributed by atoms with Gasteiger partial charge in [0.2, 0.25) is 0 Å². The number of fused-ring (bicyclic) bond motifs is 1. The third-order valence-corrected chi connectivity index (χ3v) is 2.93. The van der Waals surface area contributed by atoms with Crippen molar-refractivity contribution in [3.05, 3.63) is 0 Å². The van der Waals surface area contributed by atoms with Gasteiger partial charge in [-0.1, -0.05) is 6.42 Å². The van der Waals surface area contributed by atoms with Crippen LogP contribution in [0.2, 0.25) is 0 Å². The molecule has 0 saturated carbocycles. The molecule has 2 nitrogen and oxygen atoms in total. The summed E-state index contributed by atoms with van der Waals surface area (Å²) in [4.78, 5) is 0. The second-order valence-corrected chi connectivity index (χ2v) is 3.76. The van der Waals surface area contributed by atoms with Gasteiger partial charge in [-0.25, -0.2) is 0 Å². The van der Waals surface area contributed by atoms with Gasteiger partial charge in [0.1, 0.15) is 0 Å². The Morgan fingerprint density at radius 2 is 1.36 bits per heavy atom. The van der Waals surface area contributed by atoms with E-state index < -0.39 is 0 Å². The van der Waals surface area contributed by atoms with Gasteiger partial charge in [-0.3, -0.25) is 0 Å². The molecule has 0 aromatic heterocycles. The summed E-state index contributed by atoms with van der Waals surface area (Å²) in [6, 6.07) is 1.57. The van der Waals surface area contributed by atoms with Gasteiger partial charge >= 0.3 is 0 Å². The fourth-order valence-electron chi connectivity index (χ4n) is 2.28. The van der Waals surface area contributed by atoms with E-state index in [1.807, 2.05) is 0 Å². The highest BCUT2D eigenvalue weighted by atomic mass is 15.0. The summed E-state index contributed by atoms with van der Waals surface area (Å²) in [5, 5.41) is 7.22. The Balaban J connectivity index is 1.93.